The molecule has 1 atom stereocenters. The first-order valence-corrected chi connectivity index (χ1v) is 14.2. The lowest BCUT2D eigenvalue weighted by Gasteiger charge is -2.34. The van der Waals surface area contributed by atoms with E-state index in [4.69, 9.17) is 19.2 Å². The highest BCUT2D eigenvalue weighted by atomic mass is 32.3. The third-order valence-corrected chi connectivity index (χ3v) is 6.97. The highest BCUT2D eigenvalue weighted by Gasteiger charge is 2.21. The summed E-state index contributed by atoms with van der Waals surface area (Å²) in [6.07, 6.45) is 11.0. The van der Waals surface area contributed by atoms with Gasteiger partial charge in [-0.2, -0.15) is 0 Å². The van der Waals surface area contributed by atoms with Crippen LogP contribution in [0.15, 0.2) is 54.9 Å². The van der Waals surface area contributed by atoms with Crippen molar-refractivity contribution in [3.05, 3.63) is 60.4 Å². The second-order valence-corrected chi connectivity index (χ2v) is 13.8. The Labute approximate surface area is 192 Å². The summed E-state index contributed by atoms with van der Waals surface area (Å²) in [6, 6.07) is 14.6. The molecule has 174 valence electrons. The van der Waals surface area contributed by atoms with Crippen LogP contribution in [0.1, 0.15) is 5.56 Å². The van der Waals surface area contributed by atoms with Crippen LogP contribution in [0, 0.1) is 0 Å². The molecule has 1 saturated heterocycles. The molecule has 0 N–H and O–H groups in total. The number of ether oxygens (including phenoxy) is 3. The van der Waals surface area contributed by atoms with E-state index in [1.54, 1.807) is 0 Å². The molecule has 1 aliphatic rings. The predicted molar refractivity (Wildman–Crippen MR) is 134 cm³/mol. The fourth-order valence-electron chi connectivity index (χ4n) is 3.75. The summed E-state index contributed by atoms with van der Waals surface area (Å²) in [6.45, 7) is 4.90. The predicted octanol–water partition coefficient (Wildman–Crippen LogP) is 4.13. The molecule has 6 nitrogen and oxygen atoms in total. The van der Waals surface area contributed by atoms with E-state index in [1.165, 1.54) is 5.56 Å². The van der Waals surface area contributed by atoms with Gasteiger partial charge in [0.15, 0.2) is 0 Å². The Morgan fingerprint density at radius 2 is 1.97 bits per heavy atom. The van der Waals surface area contributed by atoms with Crippen LogP contribution in [-0.2, 0) is 27.5 Å². The van der Waals surface area contributed by atoms with Gasteiger partial charge >= 0.3 is 0 Å². The first-order valence-electron chi connectivity index (χ1n) is 11.1. The molecule has 0 amide bonds. The quantitative estimate of drug-likeness (QED) is 0.429. The molecule has 1 unspecified atom stereocenters. The number of hydrogen-bond acceptors (Lipinski definition) is 5. The van der Waals surface area contributed by atoms with Gasteiger partial charge in [0, 0.05) is 30.4 Å². The molecule has 0 radical (unpaired) electrons. The molecule has 0 spiro atoms. The first-order chi connectivity index (χ1) is 15.5. The zero-order valence-corrected chi connectivity index (χ0v) is 20.2. The van der Waals surface area contributed by atoms with Gasteiger partial charge in [-0.1, -0.05) is 30.3 Å². The van der Waals surface area contributed by atoms with Gasteiger partial charge < -0.3 is 23.7 Å². The molecule has 0 bridgehead atoms. The third kappa shape index (κ3) is 6.48. The number of fused-ring (bicyclic) bond motifs is 1. The van der Waals surface area contributed by atoms with Crippen LogP contribution in [0.4, 0.5) is 5.69 Å². The smallest absolute Gasteiger partial charge is 0.141 e. The second-order valence-electron chi connectivity index (χ2n) is 9.16. The van der Waals surface area contributed by atoms with Crippen molar-refractivity contribution >= 4 is 26.7 Å². The zero-order chi connectivity index (χ0) is 22.4. The second kappa shape index (κ2) is 10.7. The molecule has 1 aliphatic heterocycles. The summed E-state index contributed by atoms with van der Waals surface area (Å²) >= 11 is 0. The summed E-state index contributed by atoms with van der Waals surface area (Å²) in [7, 11) is -0.525. The molecular formula is C25H35N3O3S. The van der Waals surface area contributed by atoms with Crippen molar-refractivity contribution in [2.45, 2.75) is 19.4 Å². The molecule has 7 heteroatoms. The first kappa shape index (κ1) is 23.1. The Morgan fingerprint density at radius 1 is 1.12 bits per heavy atom. The van der Waals surface area contributed by atoms with Crippen LogP contribution in [0.25, 0.3) is 11.0 Å². The van der Waals surface area contributed by atoms with E-state index >= 15 is 0 Å². The van der Waals surface area contributed by atoms with Crippen LogP contribution < -0.4 is 4.90 Å². The van der Waals surface area contributed by atoms with Crippen LogP contribution in [-0.4, -0.2) is 73.1 Å². The van der Waals surface area contributed by atoms with Gasteiger partial charge in [0.2, 0.25) is 0 Å². The fourth-order valence-corrected chi connectivity index (χ4v) is 4.37. The maximum absolute atomic E-state index is 5.93. The van der Waals surface area contributed by atoms with Gasteiger partial charge in [-0.05, 0) is 36.5 Å². The Bertz CT molecular complexity index is 987. The van der Waals surface area contributed by atoms with Gasteiger partial charge in [-0.3, -0.25) is 0 Å². The average Bonchev–Trinajstić information content (AvgIpc) is 3.19. The van der Waals surface area contributed by atoms with Crippen LogP contribution in [0.3, 0.4) is 0 Å². The van der Waals surface area contributed by atoms with Crippen LogP contribution in [0.5, 0.6) is 0 Å². The lowest BCUT2D eigenvalue weighted by molar-refractivity contribution is -0.0283. The lowest BCUT2D eigenvalue weighted by Crippen LogP contribution is -2.44. The maximum atomic E-state index is 5.93. The SMILES string of the molecule is CS(C)(C)CCOCn1ccc2cc(N3CCOC(COCc4ccccc4)C3)cnc21. The molecule has 3 aromatic rings. The molecule has 0 aliphatic carbocycles. The Balaban J connectivity index is 1.30. The standard InChI is InChI=1S/C25H35N3O3S/c1-32(2,3)14-13-29-20-28-10-9-22-15-23(16-26-25(22)28)27-11-12-31-24(17-27)19-30-18-21-7-5-4-6-8-21/h4-10,15-16,24H,11-14,17-20H2,1-3H3. The molecule has 0 saturated carbocycles. The number of pyridine rings is 1. The molecule has 1 fully saturated rings. The third-order valence-electron chi connectivity index (χ3n) is 5.58. The van der Waals surface area contributed by atoms with Crippen molar-refractivity contribution in [2.24, 2.45) is 0 Å². The van der Waals surface area contributed by atoms with Gasteiger partial charge in [-0.25, -0.2) is 15.0 Å². The Morgan fingerprint density at radius 3 is 2.78 bits per heavy atom. The molecule has 2 aromatic heterocycles. The van der Waals surface area contributed by atoms with Crippen molar-refractivity contribution in [3.63, 3.8) is 0 Å². The molecule has 3 heterocycles. The summed E-state index contributed by atoms with van der Waals surface area (Å²) < 4.78 is 19.8. The van der Waals surface area contributed by atoms with Gasteiger partial charge in [0.25, 0.3) is 0 Å². The lowest BCUT2D eigenvalue weighted by atomic mass is 10.2. The van der Waals surface area contributed by atoms with Gasteiger partial charge in [-0.15, -0.1) is 0 Å². The number of morpholine rings is 1. The van der Waals surface area contributed by atoms with Crippen molar-refractivity contribution in [2.75, 3.05) is 62.3 Å². The normalized spacial score (nSPS) is 17.7. The summed E-state index contributed by atoms with van der Waals surface area (Å²) in [5.74, 6) is 1.12. The van der Waals surface area contributed by atoms with Crippen molar-refractivity contribution < 1.29 is 14.2 Å². The average molecular weight is 458 g/mol. The molecule has 32 heavy (non-hydrogen) atoms. The number of benzene rings is 1. The maximum Gasteiger partial charge on any atom is 0.141 e. The monoisotopic (exact) mass is 457 g/mol. The van der Waals surface area contributed by atoms with Crippen LogP contribution in [0.2, 0.25) is 0 Å². The summed E-state index contributed by atoms with van der Waals surface area (Å²) in [5, 5.41) is 1.14. The van der Waals surface area contributed by atoms with E-state index < -0.39 is 10.0 Å². The molecule has 4 rings (SSSR count). The zero-order valence-electron chi connectivity index (χ0n) is 19.4. The van der Waals surface area contributed by atoms with Crippen molar-refractivity contribution in [1.82, 2.24) is 9.55 Å². The largest absolute Gasteiger partial charge is 0.374 e. The Hall–Kier alpha value is -2.06. The van der Waals surface area contributed by atoms with Crippen molar-refractivity contribution in [1.29, 1.82) is 0 Å². The highest BCUT2D eigenvalue weighted by molar-refractivity contribution is 8.32. The number of anilines is 1. The van der Waals surface area contributed by atoms with E-state index in [9.17, 15) is 0 Å². The van der Waals surface area contributed by atoms with Crippen LogP contribution >= 0.6 is 10.0 Å². The Kier molecular flexibility index (Phi) is 7.73. The topological polar surface area (TPSA) is 48.8 Å². The summed E-state index contributed by atoms with van der Waals surface area (Å²) in [5.41, 5.74) is 3.28. The van der Waals surface area contributed by atoms with Gasteiger partial charge in [0.05, 0.1) is 44.4 Å². The van der Waals surface area contributed by atoms with E-state index in [0.717, 1.165) is 42.2 Å². The number of hydrogen-bond donors (Lipinski definition) is 0. The number of nitrogens with zero attached hydrogens (tertiary/aromatic N) is 3. The van der Waals surface area contributed by atoms with Crippen molar-refractivity contribution in [3.8, 4) is 0 Å². The minimum atomic E-state index is -0.525. The van der Waals surface area contributed by atoms with Gasteiger partial charge in [0.1, 0.15) is 12.4 Å². The minimum absolute atomic E-state index is 0.0612. The van der Waals surface area contributed by atoms with E-state index in [0.29, 0.717) is 26.6 Å². The highest BCUT2D eigenvalue weighted by Crippen LogP contribution is 2.33. The van der Waals surface area contributed by atoms with E-state index in [2.05, 4.69) is 58.7 Å². The number of aromatic nitrogens is 2. The number of rotatable bonds is 10. The fraction of sp³-hybridized carbons (Fsp3) is 0.480. The van der Waals surface area contributed by atoms with E-state index in [1.807, 2.05) is 24.4 Å². The summed E-state index contributed by atoms with van der Waals surface area (Å²) in [4.78, 5) is 7.08. The molecule has 1 aromatic carbocycles. The van der Waals surface area contributed by atoms with E-state index in [-0.39, 0.29) is 6.10 Å². The molecular weight excluding hydrogens is 422 g/mol. The minimum Gasteiger partial charge on any atom is -0.374 e.